The Balaban J connectivity index is 3.92. The number of rotatable bonds is 3. The Kier molecular flexibility index (Phi) is 3.87. The molecule has 0 unspecified atom stereocenters. The summed E-state index contributed by atoms with van der Waals surface area (Å²) in [5.41, 5.74) is 2.44. The van der Waals surface area contributed by atoms with Crippen molar-refractivity contribution in [3.05, 3.63) is 11.8 Å². The third kappa shape index (κ3) is 2.85. The quantitative estimate of drug-likeness (QED) is 0.531. The molecule has 0 bridgehead atoms. The first-order chi connectivity index (χ1) is 4.18. The molecular weight excluding hydrogens is 124 g/mol. The summed E-state index contributed by atoms with van der Waals surface area (Å²) in [6.45, 7) is 9.16. The maximum absolute atomic E-state index is 2.44. The second-order valence-electron chi connectivity index (χ2n) is 2.86. The molecule has 0 nitrogen and oxygen atoms in total. The molecule has 0 radical (unpaired) electrons. The normalized spacial score (nSPS) is 12.9. The summed E-state index contributed by atoms with van der Waals surface area (Å²) < 4.78 is 0. The molecule has 0 aliphatic rings. The van der Waals surface area contributed by atoms with Gasteiger partial charge in [-0.25, -0.2) is 0 Å². The van der Waals surface area contributed by atoms with Crippen molar-refractivity contribution in [2.75, 3.05) is 0 Å². The van der Waals surface area contributed by atoms with Crippen molar-refractivity contribution in [2.45, 2.75) is 39.4 Å². The van der Waals surface area contributed by atoms with Gasteiger partial charge in [0.05, 0.1) is 8.07 Å². The fourth-order valence-electron chi connectivity index (χ4n) is 0.888. The first kappa shape index (κ1) is 8.96. The molecule has 9 heavy (non-hydrogen) atoms. The van der Waals surface area contributed by atoms with Gasteiger partial charge in [0.25, 0.3) is 0 Å². The summed E-state index contributed by atoms with van der Waals surface area (Å²) in [7, 11) is -0.878. The third-order valence-corrected chi connectivity index (χ3v) is 6.55. The van der Waals surface area contributed by atoms with Crippen LogP contribution in [0.5, 0.6) is 0 Å². The summed E-state index contributed by atoms with van der Waals surface area (Å²) >= 11 is 0. The van der Waals surface area contributed by atoms with Crippen molar-refractivity contribution in [3.8, 4) is 0 Å². The van der Waals surface area contributed by atoms with Crippen LogP contribution in [0.4, 0.5) is 0 Å². The lowest BCUT2D eigenvalue weighted by molar-refractivity contribution is 1.27. The van der Waals surface area contributed by atoms with Crippen molar-refractivity contribution in [1.29, 1.82) is 0 Å². The predicted molar refractivity (Wildman–Crippen MR) is 47.4 cm³/mol. The average molecular weight is 142 g/mol. The molecule has 0 spiro atoms. The topological polar surface area (TPSA) is 0 Å². The van der Waals surface area contributed by atoms with Gasteiger partial charge in [-0.1, -0.05) is 44.3 Å². The van der Waals surface area contributed by atoms with Crippen LogP contribution in [0.2, 0.25) is 18.6 Å². The zero-order valence-electron chi connectivity index (χ0n) is 7.07. The van der Waals surface area contributed by atoms with E-state index in [1.165, 1.54) is 12.1 Å². The molecule has 0 saturated heterocycles. The lowest BCUT2D eigenvalue weighted by Crippen LogP contribution is -2.24. The molecule has 0 atom stereocenters. The summed E-state index contributed by atoms with van der Waals surface area (Å²) in [6.07, 6.45) is 2.21. The van der Waals surface area contributed by atoms with Gasteiger partial charge in [-0.2, -0.15) is 0 Å². The highest BCUT2D eigenvalue weighted by Crippen LogP contribution is 2.15. The zero-order valence-corrected chi connectivity index (χ0v) is 8.07. The van der Waals surface area contributed by atoms with E-state index in [1.54, 1.807) is 0 Å². The molecule has 0 aromatic rings. The molecule has 0 fully saturated rings. The Hall–Kier alpha value is -0.0431. The SMILES string of the molecule is CC=C[Si](C)(CC)CC. The maximum Gasteiger partial charge on any atom is 0.0738 e. The van der Waals surface area contributed by atoms with Crippen molar-refractivity contribution >= 4 is 8.07 Å². The Morgan fingerprint density at radius 2 is 1.67 bits per heavy atom. The summed E-state index contributed by atoms with van der Waals surface area (Å²) in [4.78, 5) is 0. The molecule has 0 saturated carbocycles. The molecule has 0 amide bonds. The third-order valence-electron chi connectivity index (χ3n) is 2.18. The lowest BCUT2D eigenvalue weighted by atomic mass is 10.8. The van der Waals surface area contributed by atoms with Gasteiger partial charge in [0.2, 0.25) is 0 Å². The minimum absolute atomic E-state index is 0.878. The summed E-state index contributed by atoms with van der Waals surface area (Å²) in [6, 6.07) is 2.77. The minimum atomic E-state index is -0.878. The van der Waals surface area contributed by atoms with E-state index in [1.807, 2.05) is 0 Å². The standard InChI is InChI=1S/C8H18Si/c1-5-8-9(4,6-2)7-3/h5,8H,6-7H2,1-4H3. The Labute approximate surface area is 60.0 Å². The average Bonchev–Trinajstić information content (AvgIpc) is 1.89. The van der Waals surface area contributed by atoms with Crippen LogP contribution in [0, 0.1) is 0 Å². The van der Waals surface area contributed by atoms with E-state index in [0.29, 0.717) is 0 Å². The van der Waals surface area contributed by atoms with Crippen LogP contribution >= 0.6 is 0 Å². The molecule has 0 aliphatic carbocycles. The first-order valence-corrected chi connectivity index (χ1v) is 6.81. The fraction of sp³-hybridized carbons (Fsp3) is 0.750. The van der Waals surface area contributed by atoms with Gasteiger partial charge in [-0.15, -0.1) is 0 Å². The Morgan fingerprint density at radius 3 is 1.78 bits per heavy atom. The first-order valence-electron chi connectivity index (χ1n) is 3.82. The summed E-state index contributed by atoms with van der Waals surface area (Å²) in [5.74, 6) is 0. The van der Waals surface area contributed by atoms with Gasteiger partial charge in [0.15, 0.2) is 0 Å². The molecule has 0 aromatic carbocycles. The van der Waals surface area contributed by atoms with E-state index in [-0.39, 0.29) is 0 Å². The van der Waals surface area contributed by atoms with E-state index in [0.717, 1.165) is 0 Å². The van der Waals surface area contributed by atoms with Crippen molar-refractivity contribution in [3.63, 3.8) is 0 Å². The van der Waals surface area contributed by atoms with E-state index < -0.39 is 8.07 Å². The lowest BCUT2D eigenvalue weighted by Gasteiger charge is -2.18. The molecule has 54 valence electrons. The molecule has 0 aromatic heterocycles. The van der Waals surface area contributed by atoms with Crippen LogP contribution in [0.25, 0.3) is 0 Å². The van der Waals surface area contributed by atoms with E-state index in [2.05, 4.69) is 39.1 Å². The second kappa shape index (κ2) is 3.88. The van der Waals surface area contributed by atoms with Crippen LogP contribution in [0.1, 0.15) is 20.8 Å². The highest BCUT2D eigenvalue weighted by Gasteiger charge is 2.16. The number of hydrogen-bond acceptors (Lipinski definition) is 0. The zero-order chi connectivity index (χ0) is 7.33. The van der Waals surface area contributed by atoms with Gasteiger partial charge in [0.1, 0.15) is 0 Å². The highest BCUT2D eigenvalue weighted by molar-refractivity contribution is 6.83. The van der Waals surface area contributed by atoms with Crippen LogP contribution in [-0.2, 0) is 0 Å². The van der Waals surface area contributed by atoms with Crippen LogP contribution < -0.4 is 0 Å². The second-order valence-corrected chi connectivity index (χ2v) is 7.92. The monoisotopic (exact) mass is 142 g/mol. The van der Waals surface area contributed by atoms with Crippen molar-refractivity contribution < 1.29 is 0 Å². The van der Waals surface area contributed by atoms with Crippen LogP contribution in [0.3, 0.4) is 0 Å². The van der Waals surface area contributed by atoms with Crippen LogP contribution in [0.15, 0.2) is 11.8 Å². The molecular formula is C8H18Si. The Morgan fingerprint density at radius 1 is 1.22 bits per heavy atom. The number of hydrogen-bond donors (Lipinski definition) is 0. The van der Waals surface area contributed by atoms with E-state index >= 15 is 0 Å². The minimum Gasteiger partial charge on any atom is -0.0987 e. The van der Waals surface area contributed by atoms with E-state index in [9.17, 15) is 0 Å². The smallest absolute Gasteiger partial charge is 0.0738 e. The fourth-order valence-corrected chi connectivity index (χ4v) is 2.66. The molecule has 0 N–H and O–H groups in total. The molecule has 1 heteroatoms. The largest absolute Gasteiger partial charge is 0.0987 e. The Bertz CT molecular complexity index is 90.7. The predicted octanol–water partition coefficient (Wildman–Crippen LogP) is 3.22. The van der Waals surface area contributed by atoms with Gasteiger partial charge in [-0.05, 0) is 6.92 Å². The van der Waals surface area contributed by atoms with Gasteiger partial charge < -0.3 is 0 Å². The van der Waals surface area contributed by atoms with Gasteiger partial charge >= 0.3 is 0 Å². The molecule has 0 heterocycles. The maximum atomic E-state index is 2.44. The van der Waals surface area contributed by atoms with Crippen molar-refractivity contribution in [1.82, 2.24) is 0 Å². The highest BCUT2D eigenvalue weighted by atomic mass is 28.3. The molecule has 0 rings (SSSR count). The van der Waals surface area contributed by atoms with Crippen molar-refractivity contribution in [2.24, 2.45) is 0 Å². The number of allylic oxidation sites excluding steroid dienone is 1. The van der Waals surface area contributed by atoms with Gasteiger partial charge in [-0.3, -0.25) is 0 Å². The summed E-state index contributed by atoms with van der Waals surface area (Å²) in [5, 5.41) is 0. The van der Waals surface area contributed by atoms with E-state index in [4.69, 9.17) is 0 Å². The molecule has 0 aliphatic heterocycles. The van der Waals surface area contributed by atoms with Gasteiger partial charge in [0, 0.05) is 0 Å². The van der Waals surface area contributed by atoms with Crippen LogP contribution in [-0.4, -0.2) is 8.07 Å².